The SMILES string of the molecule is CC(C)(CN=[N+]=[N-])C(C)(C)CN=[N+]=[N-]. The highest BCUT2D eigenvalue weighted by molar-refractivity contribution is 4.89. The third kappa shape index (κ3) is 3.17. The van der Waals surface area contributed by atoms with Gasteiger partial charge in [-0.05, 0) is 21.9 Å². The maximum atomic E-state index is 8.25. The van der Waals surface area contributed by atoms with E-state index in [1.165, 1.54) is 0 Å². The Morgan fingerprint density at radius 2 is 1.14 bits per heavy atom. The normalized spacial score (nSPS) is 11.4. The Morgan fingerprint density at radius 1 is 0.857 bits per heavy atom. The van der Waals surface area contributed by atoms with Gasteiger partial charge < -0.3 is 0 Å². The van der Waals surface area contributed by atoms with Crippen molar-refractivity contribution in [1.82, 2.24) is 0 Å². The van der Waals surface area contributed by atoms with Gasteiger partial charge in [0.05, 0.1) is 0 Å². The van der Waals surface area contributed by atoms with Crippen molar-refractivity contribution >= 4 is 0 Å². The van der Waals surface area contributed by atoms with Crippen molar-refractivity contribution in [2.75, 3.05) is 13.1 Å². The van der Waals surface area contributed by atoms with Crippen LogP contribution in [0, 0.1) is 10.8 Å². The van der Waals surface area contributed by atoms with Crippen LogP contribution in [0.2, 0.25) is 0 Å². The number of nitrogens with zero attached hydrogens (tertiary/aromatic N) is 6. The molecule has 0 aliphatic heterocycles. The zero-order valence-corrected chi connectivity index (χ0v) is 9.10. The van der Waals surface area contributed by atoms with E-state index in [2.05, 4.69) is 20.1 Å². The Morgan fingerprint density at radius 3 is 1.36 bits per heavy atom. The summed E-state index contributed by atoms with van der Waals surface area (Å²) < 4.78 is 0. The molecule has 0 N–H and O–H groups in total. The monoisotopic (exact) mass is 196 g/mol. The van der Waals surface area contributed by atoms with Crippen LogP contribution in [0.15, 0.2) is 10.2 Å². The molecule has 0 aromatic carbocycles. The molecule has 0 unspecified atom stereocenters. The van der Waals surface area contributed by atoms with E-state index in [0.717, 1.165) is 0 Å². The summed E-state index contributed by atoms with van der Waals surface area (Å²) >= 11 is 0. The van der Waals surface area contributed by atoms with E-state index in [9.17, 15) is 0 Å². The second-order valence-electron chi connectivity index (χ2n) is 4.55. The van der Waals surface area contributed by atoms with Gasteiger partial charge in [-0.2, -0.15) is 0 Å². The summed E-state index contributed by atoms with van der Waals surface area (Å²) in [5.74, 6) is 0. The maximum Gasteiger partial charge on any atom is 0.0314 e. The zero-order chi connectivity index (χ0) is 11.2. The van der Waals surface area contributed by atoms with Gasteiger partial charge in [0, 0.05) is 22.9 Å². The first-order chi connectivity index (χ1) is 6.37. The first-order valence-corrected chi connectivity index (χ1v) is 4.39. The average Bonchev–Trinajstić information content (AvgIpc) is 2.11. The number of hydrogen-bond donors (Lipinski definition) is 0. The van der Waals surface area contributed by atoms with Crippen LogP contribution in [0.25, 0.3) is 20.9 Å². The molecule has 0 aromatic rings. The molecule has 0 atom stereocenters. The summed E-state index contributed by atoms with van der Waals surface area (Å²) in [6.07, 6.45) is 0. The minimum atomic E-state index is -0.187. The Hall–Kier alpha value is -1.38. The van der Waals surface area contributed by atoms with Crippen LogP contribution in [0.5, 0.6) is 0 Å². The van der Waals surface area contributed by atoms with E-state index in [1.54, 1.807) is 0 Å². The van der Waals surface area contributed by atoms with Gasteiger partial charge in [0.25, 0.3) is 0 Å². The molecule has 0 aliphatic carbocycles. The van der Waals surface area contributed by atoms with Crippen LogP contribution < -0.4 is 0 Å². The summed E-state index contributed by atoms with van der Waals surface area (Å²) in [6.45, 7) is 8.78. The predicted octanol–water partition coefficient (Wildman–Crippen LogP) is 3.66. The van der Waals surface area contributed by atoms with Crippen LogP contribution in [0.4, 0.5) is 0 Å². The second kappa shape index (κ2) is 4.74. The summed E-state index contributed by atoms with van der Waals surface area (Å²) in [5.41, 5.74) is 16.1. The summed E-state index contributed by atoms with van der Waals surface area (Å²) in [7, 11) is 0. The predicted molar refractivity (Wildman–Crippen MR) is 55.6 cm³/mol. The lowest BCUT2D eigenvalue weighted by Gasteiger charge is -2.39. The highest BCUT2D eigenvalue weighted by Crippen LogP contribution is 2.38. The Balaban J connectivity index is 4.65. The van der Waals surface area contributed by atoms with Crippen LogP contribution in [0.3, 0.4) is 0 Å². The topological polar surface area (TPSA) is 97.5 Å². The molecule has 0 aliphatic rings. The molecule has 6 nitrogen and oxygen atoms in total. The standard InChI is InChI=1S/C8H16N6/c1-7(2,5-11-13-9)8(3,4)6-12-14-10/h5-6H2,1-4H3. The van der Waals surface area contributed by atoms with Gasteiger partial charge in [-0.25, -0.2) is 0 Å². The van der Waals surface area contributed by atoms with E-state index in [-0.39, 0.29) is 10.8 Å². The van der Waals surface area contributed by atoms with Gasteiger partial charge in [-0.1, -0.05) is 37.9 Å². The van der Waals surface area contributed by atoms with Crippen molar-refractivity contribution in [2.24, 2.45) is 21.1 Å². The highest BCUT2D eigenvalue weighted by atomic mass is 15.1. The molecule has 0 heterocycles. The van der Waals surface area contributed by atoms with Gasteiger partial charge in [0.1, 0.15) is 0 Å². The van der Waals surface area contributed by atoms with Gasteiger partial charge in [-0.15, -0.1) is 0 Å². The molecule has 0 saturated carbocycles. The van der Waals surface area contributed by atoms with Crippen LogP contribution in [-0.2, 0) is 0 Å². The minimum absolute atomic E-state index is 0.187. The largest absolute Gasteiger partial charge is 0.0934 e. The lowest BCUT2D eigenvalue weighted by atomic mass is 9.68. The molecule has 6 heteroatoms. The van der Waals surface area contributed by atoms with Crippen LogP contribution in [0.1, 0.15) is 27.7 Å². The average molecular weight is 196 g/mol. The fourth-order valence-corrected chi connectivity index (χ4v) is 0.845. The first kappa shape index (κ1) is 12.6. The Kier molecular flexibility index (Phi) is 4.28. The third-order valence-electron chi connectivity index (χ3n) is 2.89. The van der Waals surface area contributed by atoms with Gasteiger partial charge in [-0.3, -0.25) is 0 Å². The molecular formula is C8H16N6. The van der Waals surface area contributed by atoms with E-state index in [4.69, 9.17) is 11.1 Å². The van der Waals surface area contributed by atoms with Crippen LogP contribution >= 0.6 is 0 Å². The van der Waals surface area contributed by atoms with Crippen molar-refractivity contribution in [1.29, 1.82) is 0 Å². The highest BCUT2D eigenvalue weighted by Gasteiger charge is 2.35. The van der Waals surface area contributed by atoms with Crippen molar-refractivity contribution in [2.45, 2.75) is 27.7 Å². The Labute approximate surface area is 83.6 Å². The fraction of sp³-hybridized carbons (Fsp3) is 1.00. The molecule has 0 rings (SSSR count). The van der Waals surface area contributed by atoms with Crippen molar-refractivity contribution in [3.05, 3.63) is 20.9 Å². The van der Waals surface area contributed by atoms with Crippen LogP contribution in [-0.4, -0.2) is 13.1 Å². The smallest absolute Gasteiger partial charge is 0.0314 e. The summed E-state index contributed by atoms with van der Waals surface area (Å²) in [6, 6.07) is 0. The van der Waals surface area contributed by atoms with E-state index in [1.807, 2.05) is 27.7 Å². The van der Waals surface area contributed by atoms with Crippen molar-refractivity contribution < 1.29 is 0 Å². The summed E-state index contributed by atoms with van der Waals surface area (Å²) in [4.78, 5) is 5.47. The quantitative estimate of drug-likeness (QED) is 0.364. The number of hydrogen-bond acceptors (Lipinski definition) is 2. The van der Waals surface area contributed by atoms with Crippen molar-refractivity contribution in [3.63, 3.8) is 0 Å². The molecule has 14 heavy (non-hydrogen) atoms. The maximum absolute atomic E-state index is 8.25. The molecule has 0 spiro atoms. The van der Waals surface area contributed by atoms with Gasteiger partial charge in [0.2, 0.25) is 0 Å². The third-order valence-corrected chi connectivity index (χ3v) is 2.89. The zero-order valence-electron chi connectivity index (χ0n) is 9.10. The number of rotatable bonds is 5. The molecule has 78 valence electrons. The molecule has 0 saturated heterocycles. The summed E-state index contributed by atoms with van der Waals surface area (Å²) in [5, 5.41) is 7.13. The molecule has 0 fully saturated rings. The van der Waals surface area contributed by atoms with Gasteiger partial charge in [0.15, 0.2) is 0 Å². The molecule has 0 amide bonds. The van der Waals surface area contributed by atoms with E-state index in [0.29, 0.717) is 13.1 Å². The second-order valence-corrected chi connectivity index (χ2v) is 4.55. The molecule has 0 aromatic heterocycles. The lowest BCUT2D eigenvalue weighted by Crippen LogP contribution is -2.37. The van der Waals surface area contributed by atoms with Crippen molar-refractivity contribution in [3.8, 4) is 0 Å². The molecule has 0 bridgehead atoms. The fourth-order valence-electron chi connectivity index (χ4n) is 0.845. The van der Waals surface area contributed by atoms with E-state index < -0.39 is 0 Å². The molecular weight excluding hydrogens is 180 g/mol. The van der Waals surface area contributed by atoms with E-state index >= 15 is 0 Å². The first-order valence-electron chi connectivity index (χ1n) is 4.39. The number of azide groups is 2. The lowest BCUT2D eigenvalue weighted by molar-refractivity contribution is 0.129. The van der Waals surface area contributed by atoms with Gasteiger partial charge >= 0.3 is 0 Å². The molecule has 0 radical (unpaired) electrons. The minimum Gasteiger partial charge on any atom is -0.0934 e. The Bertz CT molecular complexity index is 250.